The molecule has 1 N–H and O–H groups in total. The van der Waals surface area contributed by atoms with Gasteiger partial charge in [-0.05, 0) is 25.2 Å². The Hall–Kier alpha value is -1.42. The molecule has 0 aliphatic carbocycles. The van der Waals surface area contributed by atoms with Crippen molar-refractivity contribution >= 4 is 5.71 Å². The lowest BCUT2D eigenvalue weighted by atomic mass is 9.84. The highest BCUT2D eigenvalue weighted by atomic mass is 16.5. The Kier molecular flexibility index (Phi) is 2.59. The molecule has 3 rings (SSSR count). The number of hydrogen-bond donors (Lipinski definition) is 1. The zero-order chi connectivity index (χ0) is 11.7. The van der Waals surface area contributed by atoms with Crippen LogP contribution in [0.3, 0.4) is 0 Å². The van der Waals surface area contributed by atoms with Gasteiger partial charge in [0.2, 0.25) is 0 Å². The van der Waals surface area contributed by atoms with Crippen LogP contribution in [0.15, 0.2) is 23.3 Å². The third-order valence-corrected chi connectivity index (χ3v) is 3.64. The molecule has 17 heavy (non-hydrogen) atoms. The number of piperidine rings is 1. The summed E-state index contributed by atoms with van der Waals surface area (Å²) in [6, 6.07) is 3.92. The number of aliphatic imine (C=N–C) groups is 1. The smallest absolute Gasteiger partial charge is 0.147 e. The van der Waals surface area contributed by atoms with Crippen molar-refractivity contribution in [3.8, 4) is 5.75 Å². The summed E-state index contributed by atoms with van der Waals surface area (Å²) in [6.45, 7) is 2.04. The number of nitrogens with one attached hydrogen (secondary N) is 1. The third-order valence-electron chi connectivity index (χ3n) is 3.64. The zero-order valence-corrected chi connectivity index (χ0v) is 10.1. The Morgan fingerprint density at radius 1 is 1.41 bits per heavy atom. The topological polar surface area (TPSA) is 46.5 Å². The molecule has 1 spiro atoms. The summed E-state index contributed by atoms with van der Waals surface area (Å²) in [5.74, 6) is 0.890. The molecule has 4 nitrogen and oxygen atoms in total. The maximum absolute atomic E-state index is 6.21. The molecule has 2 aliphatic heterocycles. The molecule has 0 saturated carbocycles. The summed E-state index contributed by atoms with van der Waals surface area (Å²) >= 11 is 0. The first kappa shape index (κ1) is 10.7. The minimum absolute atomic E-state index is 0.0594. The fraction of sp³-hybridized carbons (Fsp3) is 0.538. The maximum atomic E-state index is 6.21. The second-order valence-electron chi connectivity index (χ2n) is 4.73. The average Bonchev–Trinajstić information content (AvgIpc) is 2.38. The van der Waals surface area contributed by atoms with E-state index in [9.17, 15) is 0 Å². The van der Waals surface area contributed by atoms with E-state index in [0.717, 1.165) is 49.5 Å². The first-order valence-electron chi connectivity index (χ1n) is 6.14. The molecular formula is C13H17N3O. The largest absolute Gasteiger partial charge is 0.484 e. The van der Waals surface area contributed by atoms with Crippen LogP contribution < -0.4 is 10.1 Å². The number of pyridine rings is 1. The van der Waals surface area contributed by atoms with Crippen LogP contribution in [0, 0.1) is 0 Å². The van der Waals surface area contributed by atoms with Crippen molar-refractivity contribution in [2.45, 2.75) is 24.9 Å². The number of rotatable bonds is 0. The first-order chi connectivity index (χ1) is 8.33. The van der Waals surface area contributed by atoms with Crippen molar-refractivity contribution in [2.24, 2.45) is 4.99 Å². The standard InChI is InChI=1S/C13H17N3O/c1-14-10-9-13(4-7-15-8-5-13)17-11-3-2-6-16-12(10)11/h2-3,6,15H,4-5,7-9H2,1H3. The first-order valence-corrected chi connectivity index (χ1v) is 6.14. The summed E-state index contributed by atoms with van der Waals surface area (Å²) in [5.41, 5.74) is 1.93. The number of hydrogen-bond acceptors (Lipinski definition) is 4. The number of fused-ring (bicyclic) bond motifs is 1. The summed E-state index contributed by atoms with van der Waals surface area (Å²) in [5, 5.41) is 3.38. The Morgan fingerprint density at radius 2 is 2.24 bits per heavy atom. The molecule has 0 unspecified atom stereocenters. The molecule has 1 aromatic rings. The summed E-state index contributed by atoms with van der Waals surface area (Å²) in [7, 11) is 1.84. The monoisotopic (exact) mass is 231 g/mol. The Bertz CT molecular complexity index is 450. The molecule has 90 valence electrons. The number of aromatic nitrogens is 1. The second-order valence-corrected chi connectivity index (χ2v) is 4.73. The SMILES string of the molecule is CN=C1CC2(CCNCC2)Oc2cccnc21. The van der Waals surface area contributed by atoms with Gasteiger partial charge in [-0.15, -0.1) is 0 Å². The highest BCUT2D eigenvalue weighted by Crippen LogP contribution is 2.37. The maximum Gasteiger partial charge on any atom is 0.147 e. The molecular weight excluding hydrogens is 214 g/mol. The zero-order valence-electron chi connectivity index (χ0n) is 10.1. The highest BCUT2D eigenvalue weighted by Gasteiger charge is 2.40. The summed E-state index contributed by atoms with van der Waals surface area (Å²) < 4.78 is 6.21. The lowest BCUT2D eigenvalue weighted by Crippen LogP contribution is -2.50. The third kappa shape index (κ3) is 1.82. The van der Waals surface area contributed by atoms with Crippen molar-refractivity contribution < 1.29 is 4.74 Å². The predicted molar refractivity (Wildman–Crippen MR) is 66.8 cm³/mol. The summed E-state index contributed by atoms with van der Waals surface area (Å²) in [4.78, 5) is 8.77. The van der Waals surface area contributed by atoms with Crippen LogP contribution in [0.4, 0.5) is 0 Å². The summed E-state index contributed by atoms with van der Waals surface area (Å²) in [6.07, 6.45) is 4.77. The van der Waals surface area contributed by atoms with E-state index in [1.54, 1.807) is 6.20 Å². The van der Waals surface area contributed by atoms with Crippen LogP contribution in [0.2, 0.25) is 0 Å². The second kappa shape index (κ2) is 4.11. The van der Waals surface area contributed by atoms with Crippen molar-refractivity contribution in [3.05, 3.63) is 24.0 Å². The average molecular weight is 231 g/mol. The van der Waals surface area contributed by atoms with E-state index in [1.807, 2.05) is 19.2 Å². The highest BCUT2D eigenvalue weighted by molar-refractivity contribution is 6.02. The Morgan fingerprint density at radius 3 is 3.00 bits per heavy atom. The molecule has 0 bridgehead atoms. The van der Waals surface area contributed by atoms with Gasteiger partial charge in [0.1, 0.15) is 17.0 Å². The van der Waals surface area contributed by atoms with Crippen LogP contribution in [0.25, 0.3) is 0 Å². The molecule has 0 amide bonds. The molecule has 0 radical (unpaired) electrons. The van der Waals surface area contributed by atoms with Gasteiger partial charge in [0.25, 0.3) is 0 Å². The van der Waals surface area contributed by atoms with Crippen molar-refractivity contribution in [2.75, 3.05) is 20.1 Å². The lowest BCUT2D eigenvalue weighted by molar-refractivity contribution is 0.0381. The normalized spacial score (nSPS) is 24.4. The van der Waals surface area contributed by atoms with Gasteiger partial charge < -0.3 is 10.1 Å². The van der Waals surface area contributed by atoms with E-state index >= 15 is 0 Å². The van der Waals surface area contributed by atoms with Crippen molar-refractivity contribution in [1.29, 1.82) is 0 Å². The van der Waals surface area contributed by atoms with E-state index in [1.165, 1.54) is 0 Å². The molecule has 3 heterocycles. The lowest BCUT2D eigenvalue weighted by Gasteiger charge is -2.41. The van der Waals surface area contributed by atoms with Gasteiger partial charge in [0, 0.05) is 32.5 Å². The van der Waals surface area contributed by atoms with E-state index in [-0.39, 0.29) is 5.60 Å². The minimum atomic E-state index is -0.0594. The van der Waals surface area contributed by atoms with Crippen molar-refractivity contribution in [3.63, 3.8) is 0 Å². The van der Waals surface area contributed by atoms with Gasteiger partial charge in [-0.3, -0.25) is 9.98 Å². The van der Waals surface area contributed by atoms with Crippen LogP contribution in [0.5, 0.6) is 5.75 Å². The number of ether oxygens (including phenoxy) is 1. The molecule has 1 fully saturated rings. The fourth-order valence-electron chi connectivity index (χ4n) is 2.69. The molecule has 0 atom stereocenters. The van der Waals surface area contributed by atoms with E-state index in [4.69, 9.17) is 4.74 Å². The van der Waals surface area contributed by atoms with Gasteiger partial charge in [-0.1, -0.05) is 0 Å². The van der Waals surface area contributed by atoms with E-state index in [2.05, 4.69) is 15.3 Å². The number of nitrogens with zero attached hydrogens (tertiary/aromatic N) is 2. The van der Waals surface area contributed by atoms with Crippen molar-refractivity contribution in [1.82, 2.24) is 10.3 Å². The van der Waals surface area contributed by atoms with Gasteiger partial charge in [-0.2, -0.15) is 0 Å². The van der Waals surface area contributed by atoms with Gasteiger partial charge in [-0.25, -0.2) is 0 Å². The Balaban J connectivity index is 2.00. The molecule has 2 aliphatic rings. The van der Waals surface area contributed by atoms with Crippen LogP contribution in [0.1, 0.15) is 25.0 Å². The predicted octanol–water partition coefficient (Wildman–Crippen LogP) is 1.41. The minimum Gasteiger partial charge on any atom is -0.484 e. The van der Waals surface area contributed by atoms with Gasteiger partial charge in [0.05, 0.1) is 5.71 Å². The molecule has 1 aromatic heterocycles. The van der Waals surface area contributed by atoms with E-state index in [0.29, 0.717) is 0 Å². The molecule has 1 saturated heterocycles. The van der Waals surface area contributed by atoms with Crippen LogP contribution >= 0.6 is 0 Å². The Labute approximate surface area is 101 Å². The van der Waals surface area contributed by atoms with E-state index < -0.39 is 0 Å². The van der Waals surface area contributed by atoms with Crippen LogP contribution in [-0.2, 0) is 0 Å². The fourth-order valence-corrected chi connectivity index (χ4v) is 2.69. The quantitative estimate of drug-likeness (QED) is 0.734. The van der Waals surface area contributed by atoms with Gasteiger partial charge >= 0.3 is 0 Å². The molecule has 0 aromatic carbocycles. The van der Waals surface area contributed by atoms with Gasteiger partial charge in [0.15, 0.2) is 0 Å². The molecule has 4 heteroatoms. The van der Waals surface area contributed by atoms with Crippen LogP contribution in [-0.4, -0.2) is 36.4 Å².